The Labute approximate surface area is 122 Å². The molecule has 0 spiro atoms. The van der Waals surface area contributed by atoms with Crippen LogP contribution in [0.2, 0.25) is 0 Å². The lowest BCUT2D eigenvalue weighted by molar-refractivity contribution is -0.612. The third-order valence-corrected chi connectivity index (χ3v) is 5.06. The van der Waals surface area contributed by atoms with Crippen molar-refractivity contribution in [3.05, 3.63) is 29.1 Å². The van der Waals surface area contributed by atoms with Gasteiger partial charge in [-0.1, -0.05) is 13.8 Å². The molecule has 2 heterocycles. The number of primary sulfonamides is 1. The fraction of sp³-hybridized carbons (Fsp3) is 0.417. The summed E-state index contributed by atoms with van der Waals surface area (Å²) in [4.78, 5) is 0. The molecular formula is C12H17N4O2S2+. The number of aromatic nitrogens is 3. The van der Waals surface area contributed by atoms with E-state index < -0.39 is 10.0 Å². The Morgan fingerprint density at radius 2 is 1.90 bits per heavy atom. The van der Waals surface area contributed by atoms with Crippen molar-refractivity contribution in [2.45, 2.75) is 38.0 Å². The summed E-state index contributed by atoms with van der Waals surface area (Å²) in [6.45, 7) is 8.13. The molecule has 20 heavy (non-hydrogen) atoms. The zero-order chi connectivity index (χ0) is 15.1. The van der Waals surface area contributed by atoms with Crippen LogP contribution in [-0.4, -0.2) is 18.6 Å². The highest BCUT2D eigenvalue weighted by molar-refractivity contribution is 7.91. The van der Waals surface area contributed by atoms with Crippen LogP contribution in [0.5, 0.6) is 0 Å². The van der Waals surface area contributed by atoms with Gasteiger partial charge < -0.3 is 0 Å². The van der Waals surface area contributed by atoms with E-state index in [9.17, 15) is 8.42 Å². The molecule has 0 amide bonds. The molecule has 0 aliphatic carbocycles. The van der Waals surface area contributed by atoms with Crippen molar-refractivity contribution in [2.24, 2.45) is 5.14 Å². The highest BCUT2D eigenvalue weighted by atomic mass is 32.2. The summed E-state index contributed by atoms with van der Waals surface area (Å²) < 4.78 is 24.4. The van der Waals surface area contributed by atoms with Gasteiger partial charge in [-0.25, -0.2) is 13.6 Å². The van der Waals surface area contributed by atoms with E-state index in [0.29, 0.717) is 5.13 Å². The minimum Gasteiger partial charge on any atom is -0.222 e. The topological polar surface area (TPSA) is 89.8 Å². The molecule has 0 aliphatic heterocycles. The largest absolute Gasteiger partial charge is 0.416 e. The molecule has 0 aliphatic rings. The Hall–Kier alpha value is -1.38. The number of pyridine rings is 1. The van der Waals surface area contributed by atoms with E-state index in [1.165, 1.54) is 0 Å². The van der Waals surface area contributed by atoms with Crippen molar-refractivity contribution in [3.8, 4) is 5.13 Å². The van der Waals surface area contributed by atoms with Gasteiger partial charge in [-0.3, -0.25) is 0 Å². The molecule has 6 nitrogen and oxygen atoms in total. The first kappa shape index (κ1) is 15.0. The average molecular weight is 313 g/mol. The van der Waals surface area contributed by atoms with E-state index in [4.69, 9.17) is 5.14 Å². The van der Waals surface area contributed by atoms with Crippen LogP contribution in [-0.2, 0) is 10.0 Å². The van der Waals surface area contributed by atoms with Crippen molar-refractivity contribution >= 4 is 21.4 Å². The molecule has 0 saturated carbocycles. The first-order chi connectivity index (χ1) is 9.20. The minimum absolute atomic E-state index is 0.172. The Kier molecular flexibility index (Phi) is 3.90. The number of nitrogens with two attached hydrogens (primary N) is 1. The van der Waals surface area contributed by atoms with Gasteiger partial charge in [-0.15, -0.1) is 0 Å². The summed E-state index contributed by atoms with van der Waals surface area (Å²) in [7, 11) is -3.81. The summed E-state index contributed by atoms with van der Waals surface area (Å²) in [5, 5.41) is 13.2. The van der Waals surface area contributed by atoms with Gasteiger partial charge in [0.15, 0.2) is 0 Å². The second kappa shape index (κ2) is 5.19. The smallest absolute Gasteiger partial charge is 0.222 e. The standard InChI is InChI=1S/C12H17N4O2S2/c1-7(2)10-6-8(3)5-9(4)16(10)11-14-15-12(19-11)20(13,17)18/h5-7H,1-4H3,(H2,13,17,18)/q+1. The van der Waals surface area contributed by atoms with Crippen LogP contribution in [0.4, 0.5) is 0 Å². The summed E-state index contributed by atoms with van der Waals surface area (Å²) in [5.74, 6) is 0.274. The molecule has 0 bridgehead atoms. The van der Waals surface area contributed by atoms with Crippen LogP contribution in [0.3, 0.4) is 0 Å². The molecule has 2 aromatic rings. The third-order valence-electron chi connectivity index (χ3n) is 2.85. The lowest BCUT2D eigenvalue weighted by atomic mass is 10.1. The van der Waals surface area contributed by atoms with Gasteiger partial charge in [0.2, 0.25) is 0 Å². The normalized spacial score (nSPS) is 12.1. The van der Waals surface area contributed by atoms with Crippen molar-refractivity contribution in [1.82, 2.24) is 10.2 Å². The Morgan fingerprint density at radius 1 is 1.25 bits per heavy atom. The number of aryl methyl sites for hydroxylation is 2. The SMILES string of the molecule is Cc1cc(C)[n+](-c2nnc(S(N)(=O)=O)s2)c(C(C)C)c1. The maximum Gasteiger partial charge on any atom is 0.416 e. The molecule has 0 unspecified atom stereocenters. The Bertz CT molecular complexity index is 751. The molecule has 108 valence electrons. The number of rotatable bonds is 3. The number of hydrogen-bond donors (Lipinski definition) is 1. The Morgan fingerprint density at radius 3 is 2.40 bits per heavy atom. The Balaban J connectivity index is 2.66. The highest BCUT2D eigenvalue weighted by Gasteiger charge is 2.26. The predicted octanol–water partition coefficient (Wildman–Crippen LogP) is 1.20. The average Bonchev–Trinajstić information content (AvgIpc) is 2.76. The van der Waals surface area contributed by atoms with E-state index in [0.717, 1.165) is 28.3 Å². The van der Waals surface area contributed by atoms with Crippen molar-refractivity contribution in [2.75, 3.05) is 0 Å². The quantitative estimate of drug-likeness (QED) is 0.862. The zero-order valence-electron chi connectivity index (χ0n) is 11.8. The number of nitrogens with zero attached hydrogens (tertiary/aromatic N) is 3. The maximum absolute atomic E-state index is 11.3. The molecule has 2 aromatic heterocycles. The van der Waals surface area contributed by atoms with Gasteiger partial charge in [-0.2, -0.15) is 4.57 Å². The van der Waals surface area contributed by atoms with E-state index in [2.05, 4.69) is 30.1 Å². The van der Waals surface area contributed by atoms with E-state index >= 15 is 0 Å². The molecule has 0 atom stereocenters. The molecular weight excluding hydrogens is 296 g/mol. The first-order valence-corrected chi connectivity index (χ1v) is 8.46. The fourth-order valence-corrected chi connectivity index (χ4v) is 3.53. The van der Waals surface area contributed by atoms with E-state index in [1.54, 1.807) is 0 Å². The van der Waals surface area contributed by atoms with Gasteiger partial charge in [-0.05, 0) is 48.0 Å². The monoisotopic (exact) mass is 313 g/mol. The van der Waals surface area contributed by atoms with Crippen LogP contribution in [0.1, 0.15) is 36.7 Å². The van der Waals surface area contributed by atoms with Gasteiger partial charge in [0.05, 0.1) is 5.10 Å². The molecule has 2 N–H and O–H groups in total. The molecule has 0 saturated heterocycles. The van der Waals surface area contributed by atoms with Crippen molar-refractivity contribution in [3.63, 3.8) is 0 Å². The maximum atomic E-state index is 11.3. The van der Waals surface area contributed by atoms with Crippen LogP contribution in [0.25, 0.3) is 5.13 Å². The predicted molar refractivity (Wildman–Crippen MR) is 76.4 cm³/mol. The van der Waals surface area contributed by atoms with Gasteiger partial charge in [0.1, 0.15) is 11.4 Å². The lowest BCUT2D eigenvalue weighted by Gasteiger charge is -2.10. The summed E-state index contributed by atoms with van der Waals surface area (Å²) >= 11 is 0.972. The zero-order valence-corrected chi connectivity index (χ0v) is 13.4. The van der Waals surface area contributed by atoms with Crippen molar-refractivity contribution < 1.29 is 13.0 Å². The fourth-order valence-electron chi connectivity index (χ4n) is 2.03. The van der Waals surface area contributed by atoms with Gasteiger partial charge in [0, 0.05) is 5.92 Å². The van der Waals surface area contributed by atoms with Crippen LogP contribution in [0, 0.1) is 13.8 Å². The second-order valence-corrected chi connectivity index (χ2v) is 7.68. The van der Waals surface area contributed by atoms with Crippen LogP contribution in [0.15, 0.2) is 16.5 Å². The molecule has 0 aromatic carbocycles. The molecule has 0 radical (unpaired) electrons. The molecule has 0 fully saturated rings. The second-order valence-electron chi connectivity index (χ2n) is 4.98. The number of sulfonamides is 1. The summed E-state index contributed by atoms with van der Waals surface area (Å²) in [6.07, 6.45) is 0. The van der Waals surface area contributed by atoms with Crippen LogP contribution >= 0.6 is 11.3 Å². The van der Waals surface area contributed by atoms with Crippen LogP contribution < -0.4 is 9.71 Å². The summed E-state index contributed by atoms with van der Waals surface area (Å²) in [5.41, 5.74) is 3.18. The number of hydrogen-bond acceptors (Lipinski definition) is 5. The van der Waals surface area contributed by atoms with Gasteiger partial charge >= 0.3 is 5.13 Å². The van der Waals surface area contributed by atoms with Crippen molar-refractivity contribution in [1.29, 1.82) is 0 Å². The van der Waals surface area contributed by atoms with Gasteiger partial charge in [0.25, 0.3) is 14.4 Å². The van der Waals surface area contributed by atoms with E-state index in [1.807, 2.05) is 24.5 Å². The minimum atomic E-state index is -3.81. The molecule has 8 heteroatoms. The first-order valence-electron chi connectivity index (χ1n) is 6.10. The highest BCUT2D eigenvalue weighted by Crippen LogP contribution is 2.19. The van der Waals surface area contributed by atoms with E-state index in [-0.39, 0.29) is 10.3 Å². The molecule has 2 rings (SSSR count). The third kappa shape index (κ3) is 2.87. The summed E-state index contributed by atoms with van der Waals surface area (Å²) in [6, 6.07) is 4.08. The lowest BCUT2D eigenvalue weighted by Crippen LogP contribution is -2.39.